The van der Waals surface area contributed by atoms with Gasteiger partial charge in [0, 0.05) is 17.4 Å². The van der Waals surface area contributed by atoms with E-state index in [-0.39, 0.29) is 23.3 Å². The van der Waals surface area contributed by atoms with Gasteiger partial charge in [-0.05, 0) is 72.3 Å². The number of ether oxygens (including phenoxy) is 1. The summed E-state index contributed by atoms with van der Waals surface area (Å²) in [5.74, 6) is 6.77. The second-order valence-electron chi connectivity index (χ2n) is 9.08. The average molecular weight is 404 g/mol. The van der Waals surface area contributed by atoms with Gasteiger partial charge in [0.15, 0.2) is 0 Å². The van der Waals surface area contributed by atoms with E-state index in [2.05, 4.69) is 18.8 Å². The third-order valence-electron chi connectivity index (χ3n) is 5.02. The van der Waals surface area contributed by atoms with Gasteiger partial charge in [-0.15, -0.1) is 11.3 Å². The monoisotopic (exact) mass is 403 g/mol. The van der Waals surface area contributed by atoms with E-state index in [0.29, 0.717) is 16.5 Å². The lowest BCUT2D eigenvalue weighted by molar-refractivity contribution is -0.123. The second kappa shape index (κ2) is 9.13. The van der Waals surface area contributed by atoms with Crippen LogP contribution in [0.5, 0.6) is 0 Å². The van der Waals surface area contributed by atoms with Crippen LogP contribution < -0.4 is 4.90 Å². The van der Waals surface area contributed by atoms with Crippen LogP contribution in [0, 0.1) is 29.1 Å². The number of methoxy groups -OCH3 is 1. The molecule has 1 saturated carbocycles. The van der Waals surface area contributed by atoms with Gasteiger partial charge in [-0.25, -0.2) is 4.79 Å². The van der Waals surface area contributed by atoms with Gasteiger partial charge in [0.1, 0.15) is 4.88 Å². The van der Waals surface area contributed by atoms with Crippen LogP contribution in [0.2, 0.25) is 0 Å². The van der Waals surface area contributed by atoms with Crippen molar-refractivity contribution in [3.05, 3.63) is 15.8 Å². The van der Waals surface area contributed by atoms with Gasteiger partial charge in [0.2, 0.25) is 5.91 Å². The van der Waals surface area contributed by atoms with Crippen molar-refractivity contribution in [2.75, 3.05) is 12.0 Å². The van der Waals surface area contributed by atoms with E-state index < -0.39 is 5.97 Å². The van der Waals surface area contributed by atoms with Gasteiger partial charge in [0.05, 0.1) is 17.7 Å². The smallest absolute Gasteiger partial charge is 0.350 e. The van der Waals surface area contributed by atoms with Gasteiger partial charge >= 0.3 is 5.97 Å². The molecular formula is C23H33NO3S. The van der Waals surface area contributed by atoms with Crippen molar-refractivity contribution in [1.29, 1.82) is 0 Å². The summed E-state index contributed by atoms with van der Waals surface area (Å²) in [5, 5.41) is 0. The Labute approximate surface area is 173 Å². The first kappa shape index (κ1) is 22.5. The summed E-state index contributed by atoms with van der Waals surface area (Å²) >= 11 is 1.30. The van der Waals surface area contributed by atoms with Crippen LogP contribution in [0.3, 0.4) is 0 Å². The molecule has 1 aromatic rings. The molecule has 1 heterocycles. The lowest BCUT2D eigenvalue weighted by Gasteiger charge is -2.33. The summed E-state index contributed by atoms with van der Waals surface area (Å²) < 4.78 is 4.99. The van der Waals surface area contributed by atoms with E-state index in [9.17, 15) is 9.59 Å². The first-order valence-corrected chi connectivity index (χ1v) is 10.9. The number of hydrogen-bond donors (Lipinski definition) is 0. The van der Waals surface area contributed by atoms with E-state index in [1.807, 2.05) is 40.7 Å². The molecule has 154 valence electrons. The first-order valence-electron chi connectivity index (χ1n) is 10.1. The zero-order valence-electron chi connectivity index (χ0n) is 18.2. The number of rotatable bonds is 4. The number of carbonyl (C=O) groups excluding carboxylic acids is 2. The Balaban J connectivity index is 2.44. The largest absolute Gasteiger partial charge is 0.465 e. The highest BCUT2D eigenvalue weighted by molar-refractivity contribution is 7.15. The highest BCUT2D eigenvalue weighted by atomic mass is 32.1. The van der Waals surface area contributed by atoms with Crippen molar-refractivity contribution < 1.29 is 14.3 Å². The van der Waals surface area contributed by atoms with Crippen molar-refractivity contribution in [2.45, 2.75) is 73.3 Å². The summed E-state index contributed by atoms with van der Waals surface area (Å²) in [4.78, 5) is 28.8. The lowest BCUT2D eigenvalue weighted by Crippen LogP contribution is -2.42. The van der Waals surface area contributed by atoms with Crippen LogP contribution in [0.1, 0.15) is 81.8 Å². The summed E-state index contributed by atoms with van der Waals surface area (Å²) in [5.41, 5.74) is 0.496. The second-order valence-corrected chi connectivity index (χ2v) is 10.1. The quantitative estimate of drug-likeness (QED) is 0.492. The molecule has 4 nitrogen and oxygen atoms in total. The Morgan fingerprint density at radius 2 is 1.82 bits per heavy atom. The van der Waals surface area contributed by atoms with E-state index in [1.165, 1.54) is 18.4 Å². The Morgan fingerprint density at radius 1 is 1.21 bits per heavy atom. The standard InChI is InChI=1S/C23H33NO3S/c1-15(2)24(21(25)17-10-8-16(3)9-11-17)19-14-18(12-13-23(4,5)6)28-20(19)22(26)27-7/h14-17H,8-11H2,1-7H3/t16-,17-. The molecule has 2 rings (SSSR count). The minimum absolute atomic E-state index is 0.0214. The molecule has 0 aromatic carbocycles. The number of hydrogen-bond acceptors (Lipinski definition) is 4. The SMILES string of the molecule is COC(=O)c1sc(C#CC(C)(C)C)cc1N(C(=O)[C@H]1CC[C@H](C)CC1)C(C)C. The van der Waals surface area contributed by atoms with Crippen LogP contribution >= 0.6 is 11.3 Å². The molecule has 1 amide bonds. The lowest BCUT2D eigenvalue weighted by atomic mass is 9.82. The van der Waals surface area contributed by atoms with Crippen LogP contribution in [0.4, 0.5) is 5.69 Å². The van der Waals surface area contributed by atoms with E-state index in [4.69, 9.17) is 4.74 Å². The number of anilines is 1. The van der Waals surface area contributed by atoms with Crippen LogP contribution in [-0.4, -0.2) is 25.0 Å². The molecule has 0 spiro atoms. The maximum absolute atomic E-state index is 13.4. The summed E-state index contributed by atoms with van der Waals surface area (Å²) in [6.07, 6.45) is 3.99. The first-order chi connectivity index (χ1) is 13.0. The molecule has 5 heteroatoms. The summed E-state index contributed by atoms with van der Waals surface area (Å²) in [6.45, 7) is 12.4. The number of amides is 1. The predicted molar refractivity (Wildman–Crippen MR) is 116 cm³/mol. The fourth-order valence-electron chi connectivity index (χ4n) is 3.47. The molecule has 28 heavy (non-hydrogen) atoms. The normalized spacial score (nSPS) is 19.7. The van der Waals surface area contributed by atoms with Gasteiger partial charge in [-0.2, -0.15) is 0 Å². The van der Waals surface area contributed by atoms with Crippen LogP contribution in [-0.2, 0) is 9.53 Å². The topological polar surface area (TPSA) is 46.6 Å². The van der Waals surface area contributed by atoms with E-state index in [0.717, 1.165) is 30.6 Å². The third kappa shape index (κ3) is 5.61. The molecule has 0 atom stereocenters. The van der Waals surface area contributed by atoms with Gasteiger partial charge in [-0.3, -0.25) is 4.79 Å². The van der Waals surface area contributed by atoms with Crippen LogP contribution in [0.15, 0.2) is 6.07 Å². The van der Waals surface area contributed by atoms with Crippen molar-refractivity contribution in [1.82, 2.24) is 0 Å². The van der Waals surface area contributed by atoms with E-state index >= 15 is 0 Å². The molecule has 0 saturated heterocycles. The van der Waals surface area contributed by atoms with Crippen molar-refractivity contribution in [3.63, 3.8) is 0 Å². The molecule has 1 aliphatic rings. The number of thiophene rings is 1. The van der Waals surface area contributed by atoms with Crippen LogP contribution in [0.25, 0.3) is 0 Å². The van der Waals surface area contributed by atoms with Crippen molar-refractivity contribution in [2.24, 2.45) is 17.3 Å². The predicted octanol–water partition coefficient (Wildman–Crippen LogP) is 5.50. The highest BCUT2D eigenvalue weighted by Crippen LogP contribution is 2.36. The molecule has 0 radical (unpaired) electrons. The fraction of sp³-hybridized carbons (Fsp3) is 0.652. The summed E-state index contributed by atoms with van der Waals surface area (Å²) in [6, 6.07) is 1.83. The number of esters is 1. The Kier molecular flexibility index (Phi) is 7.33. The molecule has 0 bridgehead atoms. The number of carbonyl (C=O) groups is 2. The van der Waals surface area contributed by atoms with Gasteiger partial charge < -0.3 is 9.64 Å². The molecule has 1 fully saturated rings. The molecule has 0 aliphatic heterocycles. The zero-order valence-corrected chi connectivity index (χ0v) is 19.0. The minimum atomic E-state index is -0.417. The minimum Gasteiger partial charge on any atom is -0.465 e. The fourth-order valence-corrected chi connectivity index (χ4v) is 4.39. The maximum Gasteiger partial charge on any atom is 0.350 e. The average Bonchev–Trinajstić information content (AvgIpc) is 3.03. The van der Waals surface area contributed by atoms with Gasteiger partial charge in [-0.1, -0.05) is 18.8 Å². The zero-order chi connectivity index (χ0) is 21.1. The van der Waals surface area contributed by atoms with Crippen molar-refractivity contribution in [3.8, 4) is 11.8 Å². The Bertz CT molecular complexity index is 768. The van der Waals surface area contributed by atoms with E-state index in [1.54, 1.807) is 4.90 Å². The molecule has 1 aliphatic carbocycles. The highest BCUT2D eigenvalue weighted by Gasteiger charge is 2.33. The summed E-state index contributed by atoms with van der Waals surface area (Å²) in [7, 11) is 1.37. The maximum atomic E-state index is 13.4. The molecular weight excluding hydrogens is 370 g/mol. The Hall–Kier alpha value is -1.80. The molecule has 0 N–H and O–H groups in total. The molecule has 1 aromatic heterocycles. The number of nitrogens with zero attached hydrogens (tertiary/aromatic N) is 1. The van der Waals surface area contributed by atoms with Crippen molar-refractivity contribution >= 4 is 28.9 Å². The third-order valence-corrected chi connectivity index (χ3v) is 6.04. The Morgan fingerprint density at radius 3 is 2.32 bits per heavy atom. The molecule has 0 unspecified atom stereocenters. The van der Waals surface area contributed by atoms with Gasteiger partial charge in [0.25, 0.3) is 0 Å².